The molecule has 0 radical (unpaired) electrons. The Morgan fingerprint density at radius 1 is 1.12 bits per heavy atom. The zero-order valence-electron chi connectivity index (χ0n) is 19.3. The van der Waals surface area contributed by atoms with E-state index in [0.29, 0.717) is 19.1 Å². The number of hydrogen-bond acceptors (Lipinski definition) is 5. The Balaban J connectivity index is 1.75. The summed E-state index contributed by atoms with van der Waals surface area (Å²) in [5, 5.41) is 0. The van der Waals surface area contributed by atoms with Crippen LogP contribution in [0.1, 0.15) is 57.0 Å². The second-order valence-electron chi connectivity index (χ2n) is 8.73. The molecule has 0 bridgehead atoms. The number of hydrogen-bond donors (Lipinski definition) is 0. The molecule has 0 N–H and O–H groups in total. The Kier molecular flexibility index (Phi) is 6.00. The first-order valence-electron chi connectivity index (χ1n) is 11.1. The number of ether oxygens (including phenoxy) is 1. The molecule has 3 unspecified atom stereocenters. The van der Waals surface area contributed by atoms with E-state index in [0.717, 1.165) is 28.9 Å². The lowest BCUT2D eigenvalue weighted by Crippen LogP contribution is -2.48. The van der Waals surface area contributed by atoms with Crippen molar-refractivity contribution in [3.63, 3.8) is 0 Å². The highest BCUT2D eigenvalue weighted by Crippen LogP contribution is 2.44. The highest BCUT2D eigenvalue weighted by atomic mass is 16.5. The molecule has 0 spiro atoms. The lowest BCUT2D eigenvalue weighted by atomic mass is 9.83. The molecule has 2 amide bonds. The maximum atomic E-state index is 12.5. The van der Waals surface area contributed by atoms with Crippen LogP contribution in [0, 0.1) is 12.8 Å². The monoisotopic (exact) mass is 434 g/mol. The molecule has 7 heteroatoms. The topological polar surface area (TPSA) is 75.6 Å². The van der Waals surface area contributed by atoms with Gasteiger partial charge >= 0.3 is 6.01 Å². The van der Waals surface area contributed by atoms with Crippen LogP contribution in [0.15, 0.2) is 36.5 Å². The molecule has 3 heterocycles. The number of aromatic nitrogens is 2. The number of carbonyl (C=O) groups excluding carboxylic acids is 2. The van der Waals surface area contributed by atoms with Crippen LogP contribution in [0.4, 0.5) is 5.69 Å². The van der Waals surface area contributed by atoms with Gasteiger partial charge in [0.2, 0.25) is 11.8 Å². The number of aryl methyl sites for hydroxylation is 1. The van der Waals surface area contributed by atoms with E-state index in [-0.39, 0.29) is 29.9 Å². The van der Waals surface area contributed by atoms with Crippen LogP contribution in [0.2, 0.25) is 0 Å². The van der Waals surface area contributed by atoms with Gasteiger partial charge in [0.05, 0.1) is 5.69 Å². The van der Waals surface area contributed by atoms with Gasteiger partial charge in [0, 0.05) is 56.4 Å². The summed E-state index contributed by atoms with van der Waals surface area (Å²) in [5.74, 6) is 0.147. The van der Waals surface area contributed by atoms with E-state index < -0.39 is 0 Å². The number of nitrogens with zero attached hydrogens (tertiary/aromatic N) is 4. The number of amides is 2. The molecule has 2 aliphatic rings. The second kappa shape index (κ2) is 8.73. The number of fused-ring (bicyclic) bond motifs is 1. The predicted molar refractivity (Wildman–Crippen MR) is 123 cm³/mol. The van der Waals surface area contributed by atoms with Crippen molar-refractivity contribution in [3.05, 3.63) is 53.4 Å². The molecule has 0 aliphatic carbocycles. The van der Waals surface area contributed by atoms with Crippen LogP contribution in [-0.2, 0) is 9.59 Å². The molecule has 168 valence electrons. The van der Waals surface area contributed by atoms with Crippen molar-refractivity contribution in [2.75, 3.05) is 18.0 Å². The minimum atomic E-state index is -0.282. The largest absolute Gasteiger partial charge is 0.455 e. The molecule has 32 heavy (non-hydrogen) atoms. The molecule has 4 rings (SSSR count). The van der Waals surface area contributed by atoms with Gasteiger partial charge < -0.3 is 14.5 Å². The molecule has 0 saturated carbocycles. The predicted octanol–water partition coefficient (Wildman–Crippen LogP) is 3.93. The Morgan fingerprint density at radius 3 is 2.53 bits per heavy atom. The summed E-state index contributed by atoms with van der Waals surface area (Å²) in [6, 6.07) is 8.36. The molecule has 1 aromatic carbocycles. The number of carbonyl (C=O) groups is 2. The molecule has 7 nitrogen and oxygen atoms in total. The number of benzene rings is 1. The fourth-order valence-corrected chi connectivity index (χ4v) is 4.63. The van der Waals surface area contributed by atoms with Gasteiger partial charge in [-0.15, -0.1) is 0 Å². The van der Waals surface area contributed by atoms with Gasteiger partial charge in [0.1, 0.15) is 6.10 Å². The molecule has 3 atom stereocenters. The smallest absolute Gasteiger partial charge is 0.317 e. The van der Waals surface area contributed by atoms with Gasteiger partial charge in [-0.2, -0.15) is 0 Å². The third kappa shape index (κ3) is 4.11. The fourth-order valence-electron chi connectivity index (χ4n) is 4.63. The van der Waals surface area contributed by atoms with E-state index in [1.54, 1.807) is 20.0 Å². The first-order chi connectivity index (χ1) is 15.3. The summed E-state index contributed by atoms with van der Waals surface area (Å²) in [4.78, 5) is 36.6. The van der Waals surface area contributed by atoms with E-state index in [4.69, 9.17) is 4.74 Å². The van der Waals surface area contributed by atoms with Gasteiger partial charge in [0.25, 0.3) is 0 Å². The van der Waals surface area contributed by atoms with E-state index in [2.05, 4.69) is 42.0 Å². The van der Waals surface area contributed by atoms with Crippen LogP contribution in [-0.4, -0.2) is 45.8 Å². The van der Waals surface area contributed by atoms with Crippen molar-refractivity contribution < 1.29 is 14.3 Å². The summed E-state index contributed by atoms with van der Waals surface area (Å²) in [5.41, 5.74) is 4.97. The van der Waals surface area contributed by atoms with Gasteiger partial charge in [-0.05, 0) is 49.6 Å². The lowest BCUT2D eigenvalue weighted by Gasteiger charge is -2.43. The normalized spacial score (nSPS) is 22.8. The average Bonchev–Trinajstić information content (AvgIpc) is 2.76. The van der Waals surface area contributed by atoms with Gasteiger partial charge in [-0.25, -0.2) is 9.97 Å². The molecule has 2 aromatic rings. The standard InChI is InChI=1S/C25H30N4O3/c1-15-8-11-26-25(27-15)32-24-16(2)17(3)29(19(5)31)23-7-6-21(14-22(23)24)20-9-12-28(13-10-20)18(4)30/h6-9,11,14,16-17,24H,10,12-13H2,1-5H3. The molecule has 0 fully saturated rings. The fraction of sp³-hybridized carbons (Fsp3) is 0.440. The van der Waals surface area contributed by atoms with E-state index in [1.807, 2.05) is 28.9 Å². The average molecular weight is 435 g/mol. The van der Waals surface area contributed by atoms with Crippen LogP contribution in [0.3, 0.4) is 0 Å². The van der Waals surface area contributed by atoms with Crippen molar-refractivity contribution in [2.45, 2.75) is 53.2 Å². The lowest BCUT2D eigenvalue weighted by molar-refractivity contribution is -0.128. The Morgan fingerprint density at radius 2 is 1.91 bits per heavy atom. The van der Waals surface area contributed by atoms with E-state index in [1.165, 1.54) is 5.57 Å². The SMILES string of the molecule is CC(=O)N1CC=C(c2ccc3c(c2)C(Oc2nccc(C)n2)C(C)C(C)N3C(C)=O)CC1. The van der Waals surface area contributed by atoms with Crippen LogP contribution in [0.25, 0.3) is 5.57 Å². The van der Waals surface area contributed by atoms with Crippen molar-refractivity contribution in [3.8, 4) is 6.01 Å². The first-order valence-corrected chi connectivity index (χ1v) is 11.1. The minimum Gasteiger partial charge on any atom is -0.455 e. The van der Waals surface area contributed by atoms with Crippen LogP contribution >= 0.6 is 0 Å². The molecular weight excluding hydrogens is 404 g/mol. The third-order valence-electron chi connectivity index (χ3n) is 6.61. The zero-order chi connectivity index (χ0) is 23.0. The van der Waals surface area contributed by atoms with Crippen molar-refractivity contribution in [1.82, 2.24) is 14.9 Å². The van der Waals surface area contributed by atoms with Crippen LogP contribution < -0.4 is 9.64 Å². The van der Waals surface area contributed by atoms with E-state index >= 15 is 0 Å². The number of anilines is 1. The molecule has 2 aliphatic heterocycles. The van der Waals surface area contributed by atoms with Crippen LogP contribution in [0.5, 0.6) is 6.01 Å². The number of rotatable bonds is 3. The Labute approximate surface area is 189 Å². The maximum Gasteiger partial charge on any atom is 0.317 e. The highest BCUT2D eigenvalue weighted by Gasteiger charge is 2.40. The molecular formula is C25H30N4O3. The van der Waals surface area contributed by atoms with E-state index in [9.17, 15) is 9.59 Å². The van der Waals surface area contributed by atoms with Gasteiger partial charge in [-0.3, -0.25) is 9.59 Å². The Hall–Kier alpha value is -3.22. The van der Waals surface area contributed by atoms with Gasteiger partial charge in [0.15, 0.2) is 0 Å². The highest BCUT2D eigenvalue weighted by molar-refractivity contribution is 5.94. The van der Waals surface area contributed by atoms with Crippen molar-refractivity contribution >= 4 is 23.1 Å². The first kappa shape index (κ1) is 22.0. The summed E-state index contributed by atoms with van der Waals surface area (Å²) >= 11 is 0. The summed E-state index contributed by atoms with van der Waals surface area (Å²) < 4.78 is 6.33. The third-order valence-corrected chi connectivity index (χ3v) is 6.61. The minimum absolute atomic E-state index is 0.0117. The van der Waals surface area contributed by atoms with Crippen molar-refractivity contribution in [1.29, 1.82) is 0 Å². The molecule has 1 aromatic heterocycles. The summed E-state index contributed by atoms with van der Waals surface area (Å²) in [6.45, 7) is 10.6. The quantitative estimate of drug-likeness (QED) is 0.732. The van der Waals surface area contributed by atoms with Gasteiger partial charge in [-0.1, -0.05) is 19.1 Å². The molecule has 0 saturated heterocycles. The maximum absolute atomic E-state index is 12.5. The Bertz CT molecular complexity index is 1080. The summed E-state index contributed by atoms with van der Waals surface area (Å²) in [7, 11) is 0. The zero-order valence-corrected chi connectivity index (χ0v) is 19.3. The second-order valence-corrected chi connectivity index (χ2v) is 8.73. The summed E-state index contributed by atoms with van der Waals surface area (Å²) in [6.07, 6.45) is 4.33. The van der Waals surface area contributed by atoms with Crippen molar-refractivity contribution in [2.24, 2.45) is 5.92 Å².